The van der Waals surface area contributed by atoms with Gasteiger partial charge in [-0.25, -0.2) is 4.98 Å². The summed E-state index contributed by atoms with van der Waals surface area (Å²) in [7, 11) is 0. The van der Waals surface area contributed by atoms with Gasteiger partial charge in [-0.15, -0.1) is 0 Å². The summed E-state index contributed by atoms with van der Waals surface area (Å²) < 4.78 is 0.738. The summed E-state index contributed by atoms with van der Waals surface area (Å²) in [6, 6.07) is 20.5. The molecule has 2 aromatic heterocycles. The number of para-hydroxylation sites is 1. The van der Waals surface area contributed by atoms with E-state index >= 15 is 0 Å². The van der Waals surface area contributed by atoms with Gasteiger partial charge in [0.25, 0.3) is 5.91 Å². The summed E-state index contributed by atoms with van der Waals surface area (Å²) >= 11 is 0. The Bertz CT molecular complexity index is 1130. The highest BCUT2D eigenvalue weighted by atomic mass is 16.5. The number of fused-ring (bicyclic) bond motifs is 1. The summed E-state index contributed by atoms with van der Waals surface area (Å²) in [5, 5.41) is 19.3. The minimum Gasteiger partial charge on any atom is -0.619 e. The lowest BCUT2D eigenvalue weighted by molar-refractivity contribution is -0.605. The highest BCUT2D eigenvalue weighted by Crippen LogP contribution is 2.20. The zero-order valence-corrected chi connectivity index (χ0v) is 15.0. The zero-order chi connectivity index (χ0) is 19.3. The highest BCUT2D eigenvalue weighted by molar-refractivity contribution is 6.08. The van der Waals surface area contributed by atoms with E-state index in [2.05, 4.69) is 15.6 Å². The lowest BCUT2D eigenvalue weighted by Gasteiger charge is -2.12. The molecule has 0 radical (unpaired) electrons. The summed E-state index contributed by atoms with van der Waals surface area (Å²) in [6.45, 7) is 0.499. The average Bonchev–Trinajstić information content (AvgIpc) is 2.73. The van der Waals surface area contributed by atoms with Crippen molar-refractivity contribution in [1.82, 2.24) is 4.98 Å². The maximum atomic E-state index is 12.8. The van der Waals surface area contributed by atoms with Gasteiger partial charge < -0.3 is 15.8 Å². The number of hydrogen-bond donors (Lipinski definition) is 2. The topological polar surface area (TPSA) is 81.0 Å². The monoisotopic (exact) mass is 370 g/mol. The van der Waals surface area contributed by atoms with Gasteiger partial charge in [0.05, 0.1) is 5.56 Å². The van der Waals surface area contributed by atoms with E-state index in [1.165, 1.54) is 12.4 Å². The standard InChI is InChI=1S/C22H18N4O2/c27-22(25-21-13-17-5-1-2-6-18(17)15-24-21)19-7-3-4-8-20(19)23-14-16-9-11-26(28)12-10-16/h1-13,15,23H,14H2,(H,24,25,27). The molecule has 0 aliphatic heterocycles. The van der Waals surface area contributed by atoms with Crippen molar-refractivity contribution in [3.63, 3.8) is 0 Å². The van der Waals surface area contributed by atoms with E-state index in [1.54, 1.807) is 24.4 Å². The van der Waals surface area contributed by atoms with Crippen LogP contribution in [0.15, 0.2) is 85.3 Å². The van der Waals surface area contributed by atoms with Gasteiger partial charge in [-0.2, -0.15) is 4.73 Å². The van der Waals surface area contributed by atoms with Crippen LogP contribution in [-0.4, -0.2) is 10.9 Å². The fourth-order valence-corrected chi connectivity index (χ4v) is 2.93. The van der Waals surface area contributed by atoms with Gasteiger partial charge in [0.2, 0.25) is 0 Å². The van der Waals surface area contributed by atoms with Gasteiger partial charge >= 0.3 is 0 Å². The van der Waals surface area contributed by atoms with Crippen molar-refractivity contribution < 1.29 is 9.52 Å². The van der Waals surface area contributed by atoms with E-state index in [9.17, 15) is 10.0 Å². The lowest BCUT2D eigenvalue weighted by Crippen LogP contribution is -2.24. The fraction of sp³-hybridized carbons (Fsp3) is 0.0455. The van der Waals surface area contributed by atoms with Crippen LogP contribution in [0.1, 0.15) is 15.9 Å². The van der Waals surface area contributed by atoms with Crippen molar-refractivity contribution >= 4 is 28.2 Å². The molecule has 0 aliphatic rings. The van der Waals surface area contributed by atoms with E-state index in [-0.39, 0.29) is 5.91 Å². The quantitative estimate of drug-likeness (QED) is 0.414. The summed E-state index contributed by atoms with van der Waals surface area (Å²) in [6.07, 6.45) is 4.63. The summed E-state index contributed by atoms with van der Waals surface area (Å²) in [4.78, 5) is 17.1. The molecule has 0 atom stereocenters. The van der Waals surface area contributed by atoms with Gasteiger partial charge in [0.1, 0.15) is 5.82 Å². The van der Waals surface area contributed by atoms with E-state index in [4.69, 9.17) is 0 Å². The number of amides is 1. The number of nitrogens with zero attached hydrogens (tertiary/aromatic N) is 2. The van der Waals surface area contributed by atoms with Gasteiger partial charge in [-0.05, 0) is 29.1 Å². The van der Waals surface area contributed by atoms with Gasteiger partial charge in [0.15, 0.2) is 12.4 Å². The minimum absolute atomic E-state index is 0.239. The summed E-state index contributed by atoms with van der Waals surface area (Å²) in [5.41, 5.74) is 2.17. The molecule has 0 saturated carbocycles. The van der Waals surface area contributed by atoms with E-state index in [0.29, 0.717) is 23.6 Å². The number of hydrogen-bond acceptors (Lipinski definition) is 4. The van der Waals surface area contributed by atoms with Gasteiger partial charge in [-0.1, -0.05) is 36.4 Å². The number of carbonyl (C=O) groups is 1. The van der Waals surface area contributed by atoms with Crippen LogP contribution in [0, 0.1) is 5.21 Å². The van der Waals surface area contributed by atoms with Crippen LogP contribution in [-0.2, 0) is 6.54 Å². The van der Waals surface area contributed by atoms with E-state index in [1.807, 2.05) is 48.5 Å². The van der Waals surface area contributed by atoms with Crippen LogP contribution in [0.2, 0.25) is 0 Å². The predicted molar refractivity (Wildman–Crippen MR) is 109 cm³/mol. The SMILES string of the molecule is O=C(Nc1cc2ccccc2cn1)c1ccccc1NCc1cc[n+]([O-])cc1. The Morgan fingerprint density at radius 1 is 0.964 bits per heavy atom. The highest BCUT2D eigenvalue weighted by Gasteiger charge is 2.12. The minimum atomic E-state index is -0.239. The molecule has 0 bridgehead atoms. The lowest BCUT2D eigenvalue weighted by atomic mass is 10.1. The van der Waals surface area contributed by atoms with Crippen molar-refractivity contribution in [1.29, 1.82) is 0 Å². The van der Waals surface area contributed by atoms with Crippen LogP contribution in [0.4, 0.5) is 11.5 Å². The smallest absolute Gasteiger partial charge is 0.258 e. The predicted octanol–water partition coefficient (Wildman–Crippen LogP) is 3.73. The molecule has 2 aromatic carbocycles. The molecule has 0 spiro atoms. The third-order valence-electron chi connectivity index (χ3n) is 4.40. The normalized spacial score (nSPS) is 10.6. The van der Waals surface area contributed by atoms with Crippen molar-refractivity contribution in [3.05, 3.63) is 102 Å². The second-order valence-electron chi connectivity index (χ2n) is 6.34. The summed E-state index contributed by atoms with van der Waals surface area (Å²) in [5.74, 6) is 0.262. The Labute approximate surface area is 162 Å². The molecular formula is C22H18N4O2. The number of anilines is 2. The molecule has 0 fully saturated rings. The number of nitrogens with one attached hydrogen (secondary N) is 2. The molecule has 6 heteroatoms. The second-order valence-corrected chi connectivity index (χ2v) is 6.34. The van der Waals surface area contributed by atoms with Crippen LogP contribution in [0.25, 0.3) is 10.8 Å². The van der Waals surface area contributed by atoms with Crippen LogP contribution >= 0.6 is 0 Å². The van der Waals surface area contributed by atoms with Gasteiger partial charge in [-0.3, -0.25) is 4.79 Å². The average molecular weight is 370 g/mol. The Hall–Kier alpha value is -3.93. The molecule has 1 amide bonds. The first-order chi connectivity index (χ1) is 13.7. The second kappa shape index (κ2) is 7.75. The molecular weight excluding hydrogens is 352 g/mol. The first-order valence-corrected chi connectivity index (χ1v) is 8.86. The number of pyridine rings is 2. The maximum absolute atomic E-state index is 12.8. The van der Waals surface area contributed by atoms with Crippen LogP contribution in [0.5, 0.6) is 0 Å². The van der Waals surface area contributed by atoms with Crippen molar-refractivity contribution in [2.24, 2.45) is 0 Å². The maximum Gasteiger partial charge on any atom is 0.258 e. The van der Waals surface area contributed by atoms with E-state index in [0.717, 1.165) is 21.1 Å². The molecule has 0 unspecified atom stereocenters. The molecule has 138 valence electrons. The molecule has 0 saturated heterocycles. The number of aromatic nitrogens is 2. The first kappa shape index (κ1) is 17.5. The van der Waals surface area contributed by atoms with Crippen molar-refractivity contribution in [2.75, 3.05) is 10.6 Å². The molecule has 6 nitrogen and oxygen atoms in total. The Morgan fingerprint density at radius 3 is 2.50 bits per heavy atom. The number of rotatable bonds is 5. The third-order valence-corrected chi connectivity index (χ3v) is 4.40. The third kappa shape index (κ3) is 3.91. The molecule has 2 N–H and O–H groups in total. The number of carbonyl (C=O) groups excluding carboxylic acids is 1. The molecule has 2 heterocycles. The zero-order valence-electron chi connectivity index (χ0n) is 15.0. The van der Waals surface area contributed by atoms with Gasteiger partial charge in [0, 0.05) is 35.9 Å². The fourth-order valence-electron chi connectivity index (χ4n) is 2.93. The van der Waals surface area contributed by atoms with Crippen molar-refractivity contribution in [2.45, 2.75) is 6.54 Å². The molecule has 0 aliphatic carbocycles. The van der Waals surface area contributed by atoms with E-state index < -0.39 is 0 Å². The van der Waals surface area contributed by atoms with Crippen LogP contribution in [0.3, 0.4) is 0 Å². The molecule has 4 aromatic rings. The first-order valence-electron chi connectivity index (χ1n) is 8.86. The Kier molecular flexibility index (Phi) is 4.84. The van der Waals surface area contributed by atoms with Crippen LogP contribution < -0.4 is 15.4 Å². The Balaban J connectivity index is 1.51. The largest absolute Gasteiger partial charge is 0.619 e. The van der Waals surface area contributed by atoms with Crippen molar-refractivity contribution in [3.8, 4) is 0 Å². The Morgan fingerprint density at radius 2 is 1.68 bits per heavy atom. The molecule has 28 heavy (non-hydrogen) atoms. The molecule has 4 rings (SSSR count). The number of benzene rings is 2.